The Kier molecular flexibility index (Phi) is 8.39. The molecule has 0 bridgehead atoms. The average Bonchev–Trinajstić information content (AvgIpc) is 2.69. The van der Waals surface area contributed by atoms with Crippen LogP contribution in [-0.2, 0) is 16.1 Å². The van der Waals surface area contributed by atoms with Gasteiger partial charge in [-0.05, 0) is 29.8 Å². The summed E-state index contributed by atoms with van der Waals surface area (Å²) in [5, 5.41) is 6.21. The van der Waals surface area contributed by atoms with Crippen molar-refractivity contribution >= 4 is 18.3 Å². The van der Waals surface area contributed by atoms with Gasteiger partial charge in [0, 0.05) is 25.6 Å². The molecule has 1 fully saturated rings. The molecule has 1 aliphatic heterocycles. The number of carbonyl (C=O) groups excluding carboxylic acids is 1. The fourth-order valence-electron chi connectivity index (χ4n) is 2.75. The van der Waals surface area contributed by atoms with Crippen LogP contribution in [-0.4, -0.2) is 38.8 Å². The second-order valence-corrected chi connectivity index (χ2v) is 6.10. The third-order valence-corrected chi connectivity index (χ3v) is 4.14. The largest absolute Gasteiger partial charge is 0.493 e. The first kappa shape index (κ1) is 21.0. The van der Waals surface area contributed by atoms with Gasteiger partial charge in [-0.25, -0.2) is 0 Å². The number of hydrogen-bond acceptors (Lipinski definition) is 5. The minimum atomic E-state index is 0. The van der Waals surface area contributed by atoms with Crippen molar-refractivity contribution in [2.45, 2.75) is 19.0 Å². The number of benzene rings is 2. The molecule has 1 aliphatic rings. The Labute approximate surface area is 165 Å². The number of halogens is 1. The van der Waals surface area contributed by atoms with E-state index in [2.05, 4.69) is 10.6 Å². The summed E-state index contributed by atoms with van der Waals surface area (Å²) >= 11 is 0. The monoisotopic (exact) mass is 392 g/mol. The lowest BCUT2D eigenvalue weighted by atomic mass is 10.1. The first-order valence-corrected chi connectivity index (χ1v) is 8.72. The lowest BCUT2D eigenvalue weighted by molar-refractivity contribution is -0.122. The van der Waals surface area contributed by atoms with Gasteiger partial charge in [0.2, 0.25) is 5.91 Å². The van der Waals surface area contributed by atoms with Gasteiger partial charge in [-0.1, -0.05) is 24.3 Å². The summed E-state index contributed by atoms with van der Waals surface area (Å²) in [4.78, 5) is 12.0. The highest BCUT2D eigenvalue weighted by Crippen LogP contribution is 2.30. The molecule has 1 saturated heterocycles. The van der Waals surface area contributed by atoms with Gasteiger partial charge in [0.25, 0.3) is 0 Å². The zero-order valence-corrected chi connectivity index (χ0v) is 16.1. The molecular formula is C20H25ClN2O4. The smallest absolute Gasteiger partial charge is 0.221 e. The Balaban J connectivity index is 0.00000261. The van der Waals surface area contributed by atoms with E-state index in [0.29, 0.717) is 43.4 Å². The summed E-state index contributed by atoms with van der Waals surface area (Å²) in [6, 6.07) is 15.2. The summed E-state index contributed by atoms with van der Waals surface area (Å²) < 4.78 is 16.5. The van der Waals surface area contributed by atoms with Gasteiger partial charge < -0.3 is 24.8 Å². The quantitative estimate of drug-likeness (QED) is 0.758. The number of para-hydroxylation sites is 2. The predicted octanol–water partition coefficient (Wildman–Crippen LogP) is 2.90. The SMILES string of the molecule is COc1ccccc1Oc1ccc(CNC(=O)CC2COCCN2)cc1.Cl. The molecule has 0 aromatic heterocycles. The molecule has 2 N–H and O–H groups in total. The van der Waals surface area contributed by atoms with E-state index in [9.17, 15) is 4.79 Å². The Bertz CT molecular complexity index is 718. The van der Waals surface area contributed by atoms with E-state index >= 15 is 0 Å². The minimum Gasteiger partial charge on any atom is -0.493 e. The van der Waals surface area contributed by atoms with Crippen molar-refractivity contribution in [3.8, 4) is 17.2 Å². The van der Waals surface area contributed by atoms with Crippen molar-refractivity contribution in [1.29, 1.82) is 0 Å². The van der Waals surface area contributed by atoms with Crippen LogP contribution in [0.1, 0.15) is 12.0 Å². The summed E-state index contributed by atoms with van der Waals surface area (Å²) in [5.41, 5.74) is 1.01. The van der Waals surface area contributed by atoms with Crippen molar-refractivity contribution in [3.05, 3.63) is 54.1 Å². The topological polar surface area (TPSA) is 68.8 Å². The van der Waals surface area contributed by atoms with Crippen LogP contribution in [0.4, 0.5) is 0 Å². The van der Waals surface area contributed by atoms with E-state index in [1.165, 1.54) is 0 Å². The van der Waals surface area contributed by atoms with E-state index in [1.807, 2.05) is 48.5 Å². The zero-order chi connectivity index (χ0) is 18.2. The van der Waals surface area contributed by atoms with Crippen LogP contribution in [0.25, 0.3) is 0 Å². The number of amides is 1. The minimum absolute atomic E-state index is 0. The van der Waals surface area contributed by atoms with Crippen LogP contribution in [0.5, 0.6) is 17.2 Å². The average molecular weight is 393 g/mol. The molecule has 2 aromatic rings. The van der Waals surface area contributed by atoms with Crippen LogP contribution in [0.3, 0.4) is 0 Å². The normalized spacial score (nSPS) is 16.1. The Morgan fingerprint density at radius 3 is 2.59 bits per heavy atom. The molecule has 0 spiro atoms. The molecule has 7 heteroatoms. The maximum Gasteiger partial charge on any atom is 0.221 e. The van der Waals surface area contributed by atoms with Crippen LogP contribution in [0.2, 0.25) is 0 Å². The van der Waals surface area contributed by atoms with E-state index in [4.69, 9.17) is 14.2 Å². The van der Waals surface area contributed by atoms with Crippen molar-refractivity contribution < 1.29 is 19.0 Å². The van der Waals surface area contributed by atoms with E-state index < -0.39 is 0 Å². The number of ether oxygens (including phenoxy) is 3. The lowest BCUT2D eigenvalue weighted by Gasteiger charge is -2.23. The van der Waals surface area contributed by atoms with Gasteiger partial charge in [0.05, 0.1) is 20.3 Å². The molecule has 1 unspecified atom stereocenters. The number of carbonyl (C=O) groups is 1. The zero-order valence-electron chi connectivity index (χ0n) is 15.3. The number of rotatable bonds is 7. The number of nitrogens with one attached hydrogen (secondary N) is 2. The van der Waals surface area contributed by atoms with Gasteiger partial charge in [-0.3, -0.25) is 4.79 Å². The highest BCUT2D eigenvalue weighted by Gasteiger charge is 2.16. The summed E-state index contributed by atoms with van der Waals surface area (Å²) in [7, 11) is 1.61. The third kappa shape index (κ3) is 6.43. The first-order valence-electron chi connectivity index (χ1n) is 8.72. The Morgan fingerprint density at radius 2 is 1.93 bits per heavy atom. The van der Waals surface area contributed by atoms with Gasteiger partial charge in [0.1, 0.15) is 5.75 Å². The maximum atomic E-state index is 12.0. The molecule has 2 aromatic carbocycles. The molecule has 3 rings (SSSR count). The lowest BCUT2D eigenvalue weighted by Crippen LogP contribution is -2.44. The highest BCUT2D eigenvalue weighted by molar-refractivity contribution is 5.85. The molecule has 1 heterocycles. The molecular weight excluding hydrogens is 368 g/mol. The molecule has 0 aliphatic carbocycles. The maximum absolute atomic E-state index is 12.0. The summed E-state index contributed by atoms with van der Waals surface area (Å²) in [6.07, 6.45) is 0.426. The van der Waals surface area contributed by atoms with Crippen molar-refractivity contribution in [1.82, 2.24) is 10.6 Å². The van der Waals surface area contributed by atoms with Crippen LogP contribution in [0, 0.1) is 0 Å². The fourth-order valence-corrected chi connectivity index (χ4v) is 2.75. The number of methoxy groups -OCH3 is 1. The summed E-state index contributed by atoms with van der Waals surface area (Å²) in [5.74, 6) is 2.08. The Morgan fingerprint density at radius 1 is 1.19 bits per heavy atom. The Hall–Kier alpha value is -2.28. The molecule has 1 atom stereocenters. The number of hydrogen-bond donors (Lipinski definition) is 2. The second-order valence-electron chi connectivity index (χ2n) is 6.10. The van der Waals surface area contributed by atoms with Gasteiger partial charge in [-0.15, -0.1) is 12.4 Å². The molecule has 0 saturated carbocycles. The molecule has 146 valence electrons. The molecule has 27 heavy (non-hydrogen) atoms. The van der Waals surface area contributed by atoms with Gasteiger partial charge in [-0.2, -0.15) is 0 Å². The van der Waals surface area contributed by atoms with Crippen LogP contribution >= 0.6 is 12.4 Å². The van der Waals surface area contributed by atoms with E-state index in [-0.39, 0.29) is 24.4 Å². The van der Waals surface area contributed by atoms with Crippen molar-refractivity contribution in [2.75, 3.05) is 26.9 Å². The standard InChI is InChI=1S/C20H24N2O4.ClH/c1-24-18-4-2-3-5-19(18)26-17-8-6-15(7-9-17)13-22-20(23)12-16-14-25-11-10-21-16;/h2-9,16,21H,10-14H2,1H3,(H,22,23);1H. The molecule has 0 radical (unpaired) electrons. The van der Waals surface area contributed by atoms with Gasteiger partial charge >= 0.3 is 0 Å². The predicted molar refractivity (Wildman–Crippen MR) is 106 cm³/mol. The van der Waals surface area contributed by atoms with Crippen molar-refractivity contribution in [2.24, 2.45) is 0 Å². The van der Waals surface area contributed by atoms with Gasteiger partial charge in [0.15, 0.2) is 11.5 Å². The fraction of sp³-hybridized carbons (Fsp3) is 0.350. The first-order chi connectivity index (χ1) is 12.7. The van der Waals surface area contributed by atoms with Crippen LogP contribution < -0.4 is 20.1 Å². The van der Waals surface area contributed by atoms with E-state index in [1.54, 1.807) is 7.11 Å². The third-order valence-electron chi connectivity index (χ3n) is 4.14. The molecule has 1 amide bonds. The van der Waals surface area contributed by atoms with Crippen LogP contribution in [0.15, 0.2) is 48.5 Å². The molecule has 6 nitrogen and oxygen atoms in total. The summed E-state index contributed by atoms with van der Waals surface area (Å²) in [6.45, 7) is 2.58. The van der Waals surface area contributed by atoms with E-state index in [0.717, 1.165) is 12.1 Å². The van der Waals surface area contributed by atoms with Crippen molar-refractivity contribution in [3.63, 3.8) is 0 Å². The second kappa shape index (κ2) is 10.8. The number of morpholine rings is 1. The highest BCUT2D eigenvalue weighted by atomic mass is 35.5.